The summed E-state index contributed by atoms with van der Waals surface area (Å²) in [5.41, 5.74) is 2.54. The highest BCUT2D eigenvalue weighted by Gasteiger charge is 2.04. The summed E-state index contributed by atoms with van der Waals surface area (Å²) in [5.74, 6) is 0. The summed E-state index contributed by atoms with van der Waals surface area (Å²) < 4.78 is 2.16. The number of aryl methyl sites for hydroxylation is 2. The Morgan fingerprint density at radius 3 is 2.62 bits per heavy atom. The largest absolute Gasteiger partial charge is 0.354 e. The first-order chi connectivity index (χ1) is 10.2. The van der Waals surface area contributed by atoms with Crippen LogP contribution in [0.25, 0.3) is 0 Å². The molecule has 0 fully saturated rings. The van der Waals surface area contributed by atoms with Crippen LogP contribution < -0.4 is 5.32 Å². The first kappa shape index (κ1) is 15.3. The highest BCUT2D eigenvalue weighted by atomic mass is 16.6. The van der Waals surface area contributed by atoms with Gasteiger partial charge in [0.1, 0.15) is 0 Å². The van der Waals surface area contributed by atoms with E-state index in [4.69, 9.17) is 0 Å². The van der Waals surface area contributed by atoms with Crippen LogP contribution in [0.15, 0.2) is 42.7 Å². The third kappa shape index (κ3) is 4.72. The summed E-state index contributed by atoms with van der Waals surface area (Å²) in [6.45, 7) is 4.97. The van der Waals surface area contributed by atoms with Gasteiger partial charge >= 0.3 is 0 Å². The van der Waals surface area contributed by atoms with Crippen molar-refractivity contribution in [2.24, 2.45) is 0 Å². The molecule has 2 aromatic rings. The number of nitrogens with zero attached hydrogens (tertiary/aromatic N) is 2. The molecule has 1 aromatic carbocycles. The van der Waals surface area contributed by atoms with Crippen LogP contribution in [0, 0.1) is 10.1 Å². The zero-order valence-electron chi connectivity index (χ0n) is 12.3. The fourth-order valence-corrected chi connectivity index (χ4v) is 2.19. The molecule has 5 nitrogen and oxygen atoms in total. The molecule has 1 aromatic heterocycles. The monoisotopic (exact) mass is 287 g/mol. The molecule has 0 bridgehead atoms. The van der Waals surface area contributed by atoms with Gasteiger partial charge in [0.2, 0.25) is 0 Å². The minimum absolute atomic E-state index is 0.143. The van der Waals surface area contributed by atoms with E-state index in [0.717, 1.165) is 38.0 Å². The van der Waals surface area contributed by atoms with Crippen molar-refractivity contribution in [3.05, 3.63) is 64.0 Å². The zero-order valence-corrected chi connectivity index (χ0v) is 12.3. The fourth-order valence-electron chi connectivity index (χ4n) is 2.19. The molecule has 1 N–H and O–H groups in total. The molecule has 2 rings (SSSR count). The predicted octanol–water partition coefficient (Wildman–Crippen LogP) is 3.14. The van der Waals surface area contributed by atoms with E-state index in [2.05, 4.69) is 35.3 Å². The molecule has 0 aliphatic carbocycles. The van der Waals surface area contributed by atoms with Crippen molar-refractivity contribution in [3.8, 4) is 0 Å². The Bertz CT molecular complexity index is 575. The van der Waals surface area contributed by atoms with Crippen LogP contribution in [-0.2, 0) is 19.5 Å². The highest BCUT2D eigenvalue weighted by Crippen LogP contribution is 2.13. The van der Waals surface area contributed by atoms with Crippen molar-refractivity contribution in [1.29, 1.82) is 0 Å². The Kier molecular flexibility index (Phi) is 5.51. The van der Waals surface area contributed by atoms with Crippen LogP contribution >= 0.6 is 0 Å². The normalized spacial score (nSPS) is 10.7. The van der Waals surface area contributed by atoms with E-state index in [0.29, 0.717) is 0 Å². The zero-order chi connectivity index (χ0) is 15.1. The van der Waals surface area contributed by atoms with Gasteiger partial charge in [-0.3, -0.25) is 10.1 Å². The van der Waals surface area contributed by atoms with E-state index in [1.807, 2.05) is 12.1 Å². The average molecular weight is 287 g/mol. The lowest BCUT2D eigenvalue weighted by molar-refractivity contribution is -0.384. The number of hydrogen-bond acceptors (Lipinski definition) is 3. The Morgan fingerprint density at radius 2 is 1.95 bits per heavy atom. The molecule has 0 aliphatic rings. The van der Waals surface area contributed by atoms with Gasteiger partial charge in [-0.25, -0.2) is 0 Å². The summed E-state index contributed by atoms with van der Waals surface area (Å²) in [6, 6.07) is 8.89. The van der Waals surface area contributed by atoms with Gasteiger partial charge in [-0.1, -0.05) is 19.1 Å². The molecule has 1 heterocycles. The molecule has 0 unspecified atom stereocenters. The number of aromatic nitrogens is 1. The van der Waals surface area contributed by atoms with Crippen molar-refractivity contribution in [3.63, 3.8) is 0 Å². The summed E-state index contributed by atoms with van der Waals surface area (Å²) >= 11 is 0. The Labute approximate surface area is 124 Å². The van der Waals surface area contributed by atoms with Gasteiger partial charge in [0.15, 0.2) is 0 Å². The summed E-state index contributed by atoms with van der Waals surface area (Å²) in [6.07, 6.45) is 6.23. The first-order valence-electron chi connectivity index (χ1n) is 7.27. The van der Waals surface area contributed by atoms with E-state index in [-0.39, 0.29) is 10.6 Å². The van der Waals surface area contributed by atoms with E-state index >= 15 is 0 Å². The molecule has 0 saturated heterocycles. The maximum atomic E-state index is 10.6. The lowest BCUT2D eigenvalue weighted by atomic mass is 10.1. The van der Waals surface area contributed by atoms with Crippen molar-refractivity contribution in [2.75, 3.05) is 6.54 Å². The lowest BCUT2D eigenvalue weighted by Crippen LogP contribution is -2.13. The van der Waals surface area contributed by atoms with Gasteiger partial charge < -0.3 is 9.88 Å². The highest BCUT2D eigenvalue weighted by molar-refractivity contribution is 5.32. The van der Waals surface area contributed by atoms with Gasteiger partial charge in [-0.15, -0.1) is 0 Å². The van der Waals surface area contributed by atoms with Gasteiger partial charge in [0.25, 0.3) is 5.69 Å². The summed E-state index contributed by atoms with van der Waals surface area (Å²) in [5, 5.41) is 14.0. The van der Waals surface area contributed by atoms with Crippen LogP contribution in [0.4, 0.5) is 5.69 Å². The minimum atomic E-state index is -0.370. The predicted molar refractivity (Wildman–Crippen MR) is 83.2 cm³/mol. The van der Waals surface area contributed by atoms with Crippen LogP contribution in [0.1, 0.15) is 24.5 Å². The Hall–Kier alpha value is -2.14. The molecule has 0 radical (unpaired) electrons. The average Bonchev–Trinajstić information content (AvgIpc) is 2.94. The molecule has 0 atom stereocenters. The minimum Gasteiger partial charge on any atom is -0.354 e. The fraction of sp³-hybridized carbons (Fsp3) is 0.375. The summed E-state index contributed by atoms with van der Waals surface area (Å²) in [4.78, 5) is 10.2. The number of nitro benzene ring substituents is 1. The quantitative estimate of drug-likeness (QED) is 0.461. The number of hydrogen-bond donors (Lipinski definition) is 1. The molecular weight excluding hydrogens is 266 g/mol. The van der Waals surface area contributed by atoms with E-state index in [1.54, 1.807) is 12.1 Å². The van der Waals surface area contributed by atoms with E-state index in [1.165, 1.54) is 5.56 Å². The number of non-ortho nitro benzene ring substituents is 1. The van der Waals surface area contributed by atoms with Crippen LogP contribution in [-0.4, -0.2) is 16.0 Å². The molecule has 21 heavy (non-hydrogen) atoms. The number of benzene rings is 1. The van der Waals surface area contributed by atoms with Crippen LogP contribution in [0.2, 0.25) is 0 Å². The molecule has 0 spiro atoms. The number of nitro groups is 1. The second-order valence-electron chi connectivity index (χ2n) is 5.11. The standard InChI is InChI=1S/C16H21N3O2/c1-2-9-17-12-15-8-11-18(13-15)10-7-14-3-5-16(6-4-14)19(20)21/h3-6,8,11,13,17H,2,7,9-10,12H2,1H3. The maximum Gasteiger partial charge on any atom is 0.269 e. The summed E-state index contributed by atoms with van der Waals surface area (Å²) in [7, 11) is 0. The topological polar surface area (TPSA) is 60.1 Å². The van der Waals surface area contributed by atoms with Crippen molar-refractivity contribution < 1.29 is 4.92 Å². The van der Waals surface area contributed by atoms with Gasteiger partial charge in [-0.05, 0) is 36.6 Å². The molecule has 0 aliphatic heterocycles. The van der Waals surface area contributed by atoms with Gasteiger partial charge in [0.05, 0.1) is 4.92 Å². The van der Waals surface area contributed by atoms with Crippen LogP contribution in [0.3, 0.4) is 0 Å². The molecule has 0 saturated carbocycles. The Morgan fingerprint density at radius 1 is 1.19 bits per heavy atom. The van der Waals surface area contributed by atoms with Crippen molar-refractivity contribution >= 4 is 5.69 Å². The Balaban J connectivity index is 1.83. The number of nitrogens with one attached hydrogen (secondary N) is 1. The lowest BCUT2D eigenvalue weighted by Gasteiger charge is -2.04. The smallest absolute Gasteiger partial charge is 0.269 e. The SMILES string of the molecule is CCCNCc1ccn(CCc2ccc([N+](=O)[O-])cc2)c1. The van der Waals surface area contributed by atoms with E-state index in [9.17, 15) is 10.1 Å². The van der Waals surface area contributed by atoms with Crippen molar-refractivity contribution in [2.45, 2.75) is 32.9 Å². The molecule has 112 valence electrons. The van der Waals surface area contributed by atoms with E-state index < -0.39 is 0 Å². The van der Waals surface area contributed by atoms with Gasteiger partial charge in [0, 0.05) is 37.6 Å². The third-order valence-electron chi connectivity index (χ3n) is 3.37. The number of rotatable bonds is 8. The second-order valence-corrected chi connectivity index (χ2v) is 5.11. The first-order valence-corrected chi connectivity index (χ1v) is 7.27. The molecule has 0 amide bonds. The third-order valence-corrected chi connectivity index (χ3v) is 3.37. The maximum absolute atomic E-state index is 10.6. The second kappa shape index (κ2) is 7.59. The van der Waals surface area contributed by atoms with Crippen molar-refractivity contribution in [1.82, 2.24) is 9.88 Å². The van der Waals surface area contributed by atoms with Crippen LogP contribution in [0.5, 0.6) is 0 Å². The van der Waals surface area contributed by atoms with Gasteiger partial charge in [-0.2, -0.15) is 0 Å². The molecular formula is C16H21N3O2. The molecule has 5 heteroatoms.